The highest BCUT2D eigenvalue weighted by Gasteiger charge is 2.22. The van der Waals surface area contributed by atoms with Crippen molar-refractivity contribution in [3.8, 4) is 0 Å². The van der Waals surface area contributed by atoms with Gasteiger partial charge in [0.15, 0.2) is 0 Å². The lowest BCUT2D eigenvalue weighted by Gasteiger charge is -2.20. The molecular formula is C17H19N5S. The van der Waals surface area contributed by atoms with E-state index in [0.29, 0.717) is 6.54 Å². The second-order valence-electron chi connectivity index (χ2n) is 6.04. The summed E-state index contributed by atoms with van der Waals surface area (Å²) < 4.78 is 0. The summed E-state index contributed by atoms with van der Waals surface area (Å²) in [6, 6.07) is 0. The molecule has 0 bridgehead atoms. The summed E-state index contributed by atoms with van der Waals surface area (Å²) in [4.78, 5) is 22.8. The van der Waals surface area contributed by atoms with Crippen molar-refractivity contribution in [2.75, 3.05) is 11.9 Å². The Morgan fingerprint density at radius 1 is 1.17 bits per heavy atom. The normalized spacial score (nSPS) is 14.0. The van der Waals surface area contributed by atoms with E-state index in [1.54, 1.807) is 12.4 Å². The topological polar surface area (TPSA) is 54.8 Å². The van der Waals surface area contributed by atoms with Crippen molar-refractivity contribution in [2.24, 2.45) is 0 Å². The van der Waals surface area contributed by atoms with Gasteiger partial charge in [-0.25, -0.2) is 9.97 Å². The molecule has 1 aliphatic rings. The Morgan fingerprint density at radius 3 is 2.87 bits per heavy atom. The van der Waals surface area contributed by atoms with E-state index < -0.39 is 0 Å². The van der Waals surface area contributed by atoms with E-state index in [1.807, 2.05) is 24.5 Å². The van der Waals surface area contributed by atoms with Crippen molar-refractivity contribution in [3.63, 3.8) is 0 Å². The Hall–Kier alpha value is -2.08. The Morgan fingerprint density at radius 2 is 2.04 bits per heavy atom. The van der Waals surface area contributed by atoms with Crippen LogP contribution >= 0.6 is 11.3 Å². The summed E-state index contributed by atoms with van der Waals surface area (Å²) >= 11 is 1.85. The minimum absolute atomic E-state index is 0.698. The maximum Gasteiger partial charge on any atom is 0.141 e. The maximum absolute atomic E-state index is 4.75. The molecule has 0 atom stereocenters. The van der Waals surface area contributed by atoms with Crippen molar-refractivity contribution in [2.45, 2.75) is 39.2 Å². The zero-order chi connectivity index (χ0) is 15.8. The third-order valence-corrected chi connectivity index (χ3v) is 5.47. The highest BCUT2D eigenvalue weighted by atomic mass is 32.1. The van der Waals surface area contributed by atoms with Gasteiger partial charge in [0.05, 0.1) is 23.8 Å². The number of hydrogen-bond acceptors (Lipinski definition) is 6. The molecule has 6 heteroatoms. The minimum Gasteiger partial charge on any atom is -0.353 e. The molecule has 5 nitrogen and oxygen atoms in total. The molecule has 0 N–H and O–H groups in total. The molecule has 4 rings (SSSR count). The largest absolute Gasteiger partial charge is 0.353 e. The van der Waals surface area contributed by atoms with Crippen molar-refractivity contribution < 1.29 is 0 Å². The van der Waals surface area contributed by atoms with Gasteiger partial charge in [0.1, 0.15) is 16.5 Å². The van der Waals surface area contributed by atoms with Crippen LogP contribution in [0.2, 0.25) is 0 Å². The average molecular weight is 325 g/mol. The molecule has 3 heterocycles. The van der Waals surface area contributed by atoms with Gasteiger partial charge >= 0.3 is 0 Å². The van der Waals surface area contributed by atoms with Gasteiger partial charge in [0.25, 0.3) is 0 Å². The van der Waals surface area contributed by atoms with E-state index in [-0.39, 0.29) is 0 Å². The second kappa shape index (κ2) is 5.85. The molecule has 0 unspecified atom stereocenters. The van der Waals surface area contributed by atoms with Crippen LogP contribution < -0.4 is 4.90 Å². The first-order valence-corrected chi connectivity index (χ1v) is 8.79. The standard InChI is InChI=1S/C17H19N5S/c1-11-20-16(22(2)10-12-9-18-7-8-19-12)15-13-5-3-4-6-14(13)23-17(15)21-11/h7-9H,3-6,10H2,1-2H3. The summed E-state index contributed by atoms with van der Waals surface area (Å²) in [6.07, 6.45) is 10.1. The molecule has 0 fully saturated rings. The summed E-state index contributed by atoms with van der Waals surface area (Å²) in [7, 11) is 2.07. The van der Waals surface area contributed by atoms with Crippen LogP contribution in [0.1, 0.15) is 34.8 Å². The quantitative estimate of drug-likeness (QED) is 0.739. The van der Waals surface area contributed by atoms with Gasteiger partial charge in [-0.05, 0) is 38.2 Å². The van der Waals surface area contributed by atoms with E-state index >= 15 is 0 Å². The van der Waals surface area contributed by atoms with Crippen LogP contribution in [0.3, 0.4) is 0 Å². The van der Waals surface area contributed by atoms with Crippen LogP contribution in [0, 0.1) is 6.92 Å². The molecule has 3 aromatic rings. The maximum atomic E-state index is 4.75. The summed E-state index contributed by atoms with van der Waals surface area (Å²) in [5.74, 6) is 1.86. The van der Waals surface area contributed by atoms with Crippen molar-refractivity contribution >= 4 is 27.4 Å². The van der Waals surface area contributed by atoms with Gasteiger partial charge in [-0.1, -0.05) is 0 Å². The lowest BCUT2D eigenvalue weighted by molar-refractivity contribution is 0.700. The lowest BCUT2D eigenvalue weighted by atomic mass is 9.97. The van der Waals surface area contributed by atoms with Crippen LogP contribution in [-0.2, 0) is 19.4 Å². The highest BCUT2D eigenvalue weighted by molar-refractivity contribution is 7.19. The van der Waals surface area contributed by atoms with Crippen LogP contribution in [0.15, 0.2) is 18.6 Å². The smallest absolute Gasteiger partial charge is 0.141 e. The number of aryl methyl sites for hydroxylation is 3. The van der Waals surface area contributed by atoms with Gasteiger partial charge in [0, 0.05) is 24.3 Å². The number of thiophene rings is 1. The van der Waals surface area contributed by atoms with Crippen molar-refractivity contribution in [1.82, 2.24) is 19.9 Å². The number of nitrogens with zero attached hydrogens (tertiary/aromatic N) is 5. The molecular weight excluding hydrogens is 306 g/mol. The summed E-state index contributed by atoms with van der Waals surface area (Å²) in [6.45, 7) is 2.67. The Bertz CT molecular complexity index is 843. The molecule has 0 spiro atoms. The van der Waals surface area contributed by atoms with E-state index in [9.17, 15) is 0 Å². The molecule has 0 radical (unpaired) electrons. The molecule has 3 aromatic heterocycles. The number of anilines is 1. The third kappa shape index (κ3) is 2.67. The van der Waals surface area contributed by atoms with E-state index in [4.69, 9.17) is 4.98 Å². The van der Waals surface area contributed by atoms with Gasteiger partial charge < -0.3 is 4.90 Å². The number of rotatable bonds is 3. The lowest BCUT2D eigenvalue weighted by Crippen LogP contribution is -2.20. The number of aromatic nitrogens is 4. The minimum atomic E-state index is 0.698. The fraction of sp³-hybridized carbons (Fsp3) is 0.412. The fourth-order valence-corrected chi connectivity index (χ4v) is 4.55. The van der Waals surface area contributed by atoms with Crippen molar-refractivity contribution in [1.29, 1.82) is 0 Å². The molecule has 0 saturated carbocycles. The highest BCUT2D eigenvalue weighted by Crippen LogP contribution is 2.39. The monoisotopic (exact) mass is 325 g/mol. The van der Waals surface area contributed by atoms with Crippen LogP contribution in [0.25, 0.3) is 10.2 Å². The Balaban J connectivity index is 1.80. The predicted molar refractivity (Wildman–Crippen MR) is 92.9 cm³/mol. The first-order chi connectivity index (χ1) is 11.2. The first kappa shape index (κ1) is 14.5. The molecule has 23 heavy (non-hydrogen) atoms. The Labute approximate surface area is 139 Å². The Kier molecular flexibility index (Phi) is 3.69. The predicted octanol–water partition coefficient (Wildman–Crippen LogP) is 3.30. The SMILES string of the molecule is Cc1nc(N(C)Cc2cnccn2)c2c3c(sc2n1)CCCC3. The molecule has 0 saturated heterocycles. The van der Waals surface area contributed by atoms with E-state index in [2.05, 4.69) is 26.9 Å². The molecule has 0 amide bonds. The first-order valence-electron chi connectivity index (χ1n) is 7.97. The zero-order valence-electron chi connectivity index (χ0n) is 13.4. The van der Waals surface area contributed by atoms with Crippen molar-refractivity contribution in [3.05, 3.63) is 40.5 Å². The molecule has 1 aliphatic carbocycles. The number of fused-ring (bicyclic) bond motifs is 3. The average Bonchev–Trinajstić information content (AvgIpc) is 2.93. The molecule has 0 aromatic carbocycles. The van der Waals surface area contributed by atoms with Gasteiger partial charge in [0.2, 0.25) is 0 Å². The zero-order valence-corrected chi connectivity index (χ0v) is 14.2. The second-order valence-corrected chi connectivity index (χ2v) is 7.12. The number of hydrogen-bond donors (Lipinski definition) is 0. The summed E-state index contributed by atoms with van der Waals surface area (Å²) in [5.41, 5.74) is 2.42. The molecule has 0 aliphatic heterocycles. The van der Waals surface area contributed by atoms with Gasteiger partial charge in [-0.15, -0.1) is 11.3 Å². The van der Waals surface area contributed by atoms with E-state index in [1.165, 1.54) is 35.1 Å². The molecule has 118 valence electrons. The van der Waals surface area contributed by atoms with Crippen LogP contribution in [0.5, 0.6) is 0 Å². The van der Waals surface area contributed by atoms with Crippen LogP contribution in [0.4, 0.5) is 5.82 Å². The van der Waals surface area contributed by atoms with Crippen LogP contribution in [-0.4, -0.2) is 27.0 Å². The van der Waals surface area contributed by atoms with E-state index in [0.717, 1.165) is 28.6 Å². The van der Waals surface area contributed by atoms with Gasteiger partial charge in [-0.2, -0.15) is 0 Å². The van der Waals surface area contributed by atoms with Gasteiger partial charge in [-0.3, -0.25) is 9.97 Å². The fourth-order valence-electron chi connectivity index (χ4n) is 3.25. The summed E-state index contributed by atoms with van der Waals surface area (Å²) in [5, 5.41) is 1.25. The third-order valence-electron chi connectivity index (χ3n) is 4.28.